The fourth-order valence-corrected chi connectivity index (χ4v) is 2.11. The van der Waals surface area contributed by atoms with Gasteiger partial charge in [0.15, 0.2) is 0 Å². The minimum absolute atomic E-state index is 0.0418. The van der Waals surface area contributed by atoms with E-state index in [-0.39, 0.29) is 24.8 Å². The molecule has 10 nitrogen and oxygen atoms in total. The maximum Gasteiger partial charge on any atom is 0.276 e. The zero-order valence-electron chi connectivity index (χ0n) is 12.5. The molecule has 1 atom stereocenters. The van der Waals surface area contributed by atoms with E-state index < -0.39 is 12.0 Å². The molecule has 124 valence electrons. The number of aromatic nitrogens is 5. The Morgan fingerprint density at radius 3 is 2.92 bits per heavy atom. The first kappa shape index (κ1) is 15.8. The Kier molecular flexibility index (Phi) is 4.59. The van der Waals surface area contributed by atoms with Crippen LogP contribution < -0.4 is 10.6 Å². The van der Waals surface area contributed by atoms with Crippen LogP contribution in [0.5, 0.6) is 0 Å². The molecule has 0 radical (unpaired) electrons. The van der Waals surface area contributed by atoms with E-state index in [9.17, 15) is 9.90 Å². The number of H-pyrrole nitrogens is 1. The number of rotatable bonds is 6. The Morgan fingerprint density at radius 2 is 2.17 bits per heavy atom. The van der Waals surface area contributed by atoms with Crippen molar-refractivity contribution >= 4 is 28.4 Å². The third-order valence-electron chi connectivity index (χ3n) is 3.26. The molecule has 2 aromatic heterocycles. The van der Waals surface area contributed by atoms with Crippen molar-refractivity contribution < 1.29 is 15.0 Å². The van der Waals surface area contributed by atoms with Crippen molar-refractivity contribution in [1.82, 2.24) is 25.6 Å². The molecule has 2 heterocycles. The summed E-state index contributed by atoms with van der Waals surface area (Å²) in [6.45, 7) is -0.225. The molecule has 0 bridgehead atoms. The van der Waals surface area contributed by atoms with Gasteiger partial charge < -0.3 is 15.5 Å². The van der Waals surface area contributed by atoms with Gasteiger partial charge in [-0.05, 0) is 17.3 Å². The lowest BCUT2D eigenvalue weighted by Crippen LogP contribution is -2.23. The van der Waals surface area contributed by atoms with Crippen molar-refractivity contribution in [3.63, 3.8) is 0 Å². The van der Waals surface area contributed by atoms with E-state index in [1.54, 1.807) is 12.1 Å². The number of amides is 1. The van der Waals surface area contributed by atoms with Crippen molar-refractivity contribution in [2.24, 2.45) is 0 Å². The topological polar surface area (TPSA) is 149 Å². The number of tetrazole rings is 1. The van der Waals surface area contributed by atoms with Gasteiger partial charge in [0.2, 0.25) is 0 Å². The summed E-state index contributed by atoms with van der Waals surface area (Å²) >= 11 is 0. The highest BCUT2D eigenvalue weighted by Crippen LogP contribution is 2.23. The number of aliphatic hydroxyl groups is 2. The highest BCUT2D eigenvalue weighted by molar-refractivity contribution is 6.05. The van der Waals surface area contributed by atoms with Gasteiger partial charge in [0, 0.05) is 17.6 Å². The number of aliphatic hydroxyl groups excluding tert-OH is 2. The molecule has 10 heteroatoms. The van der Waals surface area contributed by atoms with Crippen LogP contribution in [0.3, 0.4) is 0 Å². The highest BCUT2D eigenvalue weighted by atomic mass is 16.3. The SMILES string of the molecule is O=C(Nc1nn[nH]n1)c1cc(NCC(O)CO)c2ccccc2n1. The van der Waals surface area contributed by atoms with Crippen molar-refractivity contribution in [2.75, 3.05) is 23.8 Å². The second kappa shape index (κ2) is 6.98. The number of carbonyl (C=O) groups excluding carboxylic acids is 1. The maximum atomic E-state index is 12.3. The van der Waals surface area contributed by atoms with Gasteiger partial charge in [-0.25, -0.2) is 4.98 Å². The first-order chi connectivity index (χ1) is 11.7. The van der Waals surface area contributed by atoms with Crippen LogP contribution in [-0.4, -0.2) is 61.0 Å². The van der Waals surface area contributed by atoms with E-state index in [2.05, 4.69) is 36.2 Å². The molecule has 0 aliphatic heterocycles. The summed E-state index contributed by atoms with van der Waals surface area (Å²) in [5, 5.41) is 37.6. The molecular formula is C14H15N7O3. The van der Waals surface area contributed by atoms with Gasteiger partial charge in [-0.3, -0.25) is 10.1 Å². The number of anilines is 2. The van der Waals surface area contributed by atoms with Crippen molar-refractivity contribution in [3.8, 4) is 0 Å². The molecule has 0 saturated carbocycles. The lowest BCUT2D eigenvalue weighted by atomic mass is 10.1. The fourth-order valence-electron chi connectivity index (χ4n) is 2.11. The van der Waals surface area contributed by atoms with E-state index in [1.165, 1.54) is 0 Å². The van der Waals surface area contributed by atoms with Gasteiger partial charge in [-0.1, -0.05) is 23.3 Å². The summed E-state index contributed by atoms with van der Waals surface area (Å²) < 4.78 is 0. The fraction of sp³-hybridized carbons (Fsp3) is 0.214. The number of nitrogens with zero attached hydrogens (tertiary/aromatic N) is 4. The zero-order chi connectivity index (χ0) is 16.9. The number of pyridine rings is 1. The number of aromatic amines is 1. The molecule has 0 aliphatic rings. The second-order valence-corrected chi connectivity index (χ2v) is 4.98. The second-order valence-electron chi connectivity index (χ2n) is 4.98. The summed E-state index contributed by atoms with van der Waals surface area (Å²) in [5.74, 6) is -0.451. The quantitative estimate of drug-likeness (QED) is 0.416. The number of hydrogen-bond acceptors (Lipinski definition) is 8. The maximum absolute atomic E-state index is 12.3. The van der Waals surface area contributed by atoms with E-state index in [0.29, 0.717) is 11.2 Å². The van der Waals surface area contributed by atoms with Crippen molar-refractivity contribution in [3.05, 3.63) is 36.0 Å². The minimum atomic E-state index is -0.909. The Morgan fingerprint density at radius 1 is 1.33 bits per heavy atom. The van der Waals surface area contributed by atoms with Crippen LogP contribution in [0.1, 0.15) is 10.5 Å². The average Bonchev–Trinajstić information content (AvgIpc) is 3.12. The normalized spacial score (nSPS) is 12.1. The predicted octanol–water partition coefficient (Wildman–Crippen LogP) is -0.235. The summed E-state index contributed by atoms with van der Waals surface area (Å²) in [4.78, 5) is 16.6. The Labute approximate surface area is 135 Å². The summed E-state index contributed by atoms with van der Waals surface area (Å²) in [5.41, 5.74) is 1.38. The molecule has 0 saturated heterocycles. The molecule has 1 unspecified atom stereocenters. The summed E-state index contributed by atoms with van der Waals surface area (Å²) in [6, 6.07) is 8.83. The summed E-state index contributed by atoms with van der Waals surface area (Å²) in [7, 11) is 0. The predicted molar refractivity (Wildman–Crippen MR) is 85.5 cm³/mol. The number of carbonyl (C=O) groups is 1. The monoisotopic (exact) mass is 329 g/mol. The van der Waals surface area contributed by atoms with Gasteiger partial charge in [0.05, 0.1) is 18.2 Å². The van der Waals surface area contributed by atoms with E-state index >= 15 is 0 Å². The molecule has 0 fully saturated rings. The number of hydrogen-bond donors (Lipinski definition) is 5. The van der Waals surface area contributed by atoms with Crippen LogP contribution in [0.25, 0.3) is 10.9 Å². The number of para-hydroxylation sites is 1. The van der Waals surface area contributed by atoms with Crippen molar-refractivity contribution in [1.29, 1.82) is 0 Å². The Hall–Kier alpha value is -3.11. The van der Waals surface area contributed by atoms with Crippen LogP contribution in [0.2, 0.25) is 0 Å². The molecule has 0 aliphatic carbocycles. The van der Waals surface area contributed by atoms with Gasteiger partial charge in [-0.2, -0.15) is 5.21 Å². The smallest absolute Gasteiger partial charge is 0.276 e. The number of fused-ring (bicyclic) bond motifs is 1. The van der Waals surface area contributed by atoms with E-state index in [4.69, 9.17) is 5.11 Å². The number of benzene rings is 1. The molecule has 3 aromatic rings. The lowest BCUT2D eigenvalue weighted by Gasteiger charge is -2.13. The minimum Gasteiger partial charge on any atom is -0.394 e. The van der Waals surface area contributed by atoms with Crippen LogP contribution in [0.4, 0.5) is 11.6 Å². The average molecular weight is 329 g/mol. The first-order valence-corrected chi connectivity index (χ1v) is 7.14. The Balaban J connectivity index is 1.92. The van der Waals surface area contributed by atoms with Crippen LogP contribution in [0.15, 0.2) is 30.3 Å². The largest absolute Gasteiger partial charge is 0.394 e. The molecule has 0 spiro atoms. The van der Waals surface area contributed by atoms with Crippen LogP contribution >= 0.6 is 0 Å². The Bertz CT molecular complexity index is 838. The van der Waals surface area contributed by atoms with Crippen LogP contribution in [-0.2, 0) is 0 Å². The zero-order valence-corrected chi connectivity index (χ0v) is 12.5. The lowest BCUT2D eigenvalue weighted by molar-refractivity contribution is 0.102. The molecule has 1 aromatic carbocycles. The molecular weight excluding hydrogens is 314 g/mol. The third kappa shape index (κ3) is 3.45. The molecule has 24 heavy (non-hydrogen) atoms. The molecule has 1 amide bonds. The number of nitrogens with one attached hydrogen (secondary N) is 3. The van der Waals surface area contributed by atoms with Crippen molar-refractivity contribution in [2.45, 2.75) is 6.10 Å². The van der Waals surface area contributed by atoms with E-state index in [0.717, 1.165) is 5.39 Å². The first-order valence-electron chi connectivity index (χ1n) is 7.14. The van der Waals surface area contributed by atoms with Gasteiger partial charge in [-0.15, -0.1) is 5.10 Å². The van der Waals surface area contributed by atoms with Gasteiger partial charge in [0.25, 0.3) is 11.9 Å². The molecule has 5 N–H and O–H groups in total. The summed E-state index contributed by atoms with van der Waals surface area (Å²) in [6.07, 6.45) is -0.909. The van der Waals surface area contributed by atoms with Gasteiger partial charge in [0.1, 0.15) is 5.69 Å². The van der Waals surface area contributed by atoms with E-state index in [1.807, 2.05) is 18.2 Å². The highest BCUT2D eigenvalue weighted by Gasteiger charge is 2.14. The standard InChI is InChI=1S/C14H15N7O3/c22-7-8(23)6-15-11-5-12(13(24)17-14-18-20-21-19-14)16-10-4-2-1-3-9(10)11/h1-5,8,22-23H,6-7H2,(H,15,16)(H2,17,18,19,20,21,24). The molecule has 3 rings (SSSR count). The van der Waals surface area contributed by atoms with Crippen LogP contribution in [0, 0.1) is 0 Å². The van der Waals surface area contributed by atoms with Gasteiger partial charge >= 0.3 is 0 Å². The third-order valence-corrected chi connectivity index (χ3v) is 3.26.